The quantitative estimate of drug-likeness (QED) is 0.580. The van der Waals surface area contributed by atoms with E-state index in [-0.39, 0.29) is 0 Å². The molecule has 0 N–H and O–H groups in total. The number of aliphatic imine (C=N–C) groups is 1. The second-order valence-corrected chi connectivity index (χ2v) is 2.82. The Hall–Kier alpha value is -0.530. The van der Waals surface area contributed by atoms with Crippen LogP contribution in [0, 0.1) is 0 Å². The predicted octanol–water partition coefficient (Wildman–Crippen LogP) is 1.52. The van der Waals surface area contributed by atoms with Crippen molar-refractivity contribution in [2.75, 3.05) is 20.1 Å². The van der Waals surface area contributed by atoms with E-state index in [9.17, 15) is 0 Å². The molecule has 58 valence electrons. The molecule has 0 fully saturated rings. The highest BCUT2D eigenvalue weighted by molar-refractivity contribution is 5.83. The van der Waals surface area contributed by atoms with Crippen LogP contribution in [0.5, 0.6) is 0 Å². The highest BCUT2D eigenvalue weighted by Gasteiger charge is 2.10. The average Bonchev–Trinajstić information content (AvgIpc) is 2.31. The molecule has 1 rings (SSSR count). The third-order valence-electron chi connectivity index (χ3n) is 1.92. The molecule has 1 aliphatic heterocycles. The molecule has 0 spiro atoms. The highest BCUT2D eigenvalue weighted by atomic mass is 15.2. The number of likely N-dealkylation sites (N-methyl/N-ethyl adjacent to an activating group) is 1. The van der Waals surface area contributed by atoms with Crippen molar-refractivity contribution in [1.29, 1.82) is 0 Å². The summed E-state index contributed by atoms with van der Waals surface area (Å²) >= 11 is 0. The first-order chi connectivity index (χ1) is 4.84. The van der Waals surface area contributed by atoms with Crippen molar-refractivity contribution < 1.29 is 0 Å². The largest absolute Gasteiger partial charge is 0.362 e. The lowest BCUT2D eigenvalue weighted by Crippen LogP contribution is -2.22. The summed E-state index contributed by atoms with van der Waals surface area (Å²) in [4.78, 5) is 6.66. The van der Waals surface area contributed by atoms with Crippen LogP contribution < -0.4 is 0 Å². The van der Waals surface area contributed by atoms with Crippen molar-refractivity contribution in [3.05, 3.63) is 0 Å². The SMILES string of the molecule is CCCCC1=NCCN1C. The van der Waals surface area contributed by atoms with E-state index in [4.69, 9.17) is 0 Å². The fourth-order valence-corrected chi connectivity index (χ4v) is 1.18. The Morgan fingerprint density at radius 1 is 1.60 bits per heavy atom. The van der Waals surface area contributed by atoms with Crippen molar-refractivity contribution >= 4 is 5.84 Å². The standard InChI is InChI=1S/C8H16N2/c1-3-4-5-8-9-6-7-10(8)2/h3-7H2,1-2H3. The Kier molecular flexibility index (Phi) is 2.72. The zero-order valence-electron chi connectivity index (χ0n) is 6.93. The van der Waals surface area contributed by atoms with Crippen molar-refractivity contribution in [1.82, 2.24) is 4.90 Å². The molecule has 0 atom stereocenters. The van der Waals surface area contributed by atoms with Crippen molar-refractivity contribution in [2.24, 2.45) is 4.99 Å². The van der Waals surface area contributed by atoms with Crippen LogP contribution in [0.4, 0.5) is 0 Å². The molecule has 1 heterocycles. The Morgan fingerprint density at radius 3 is 2.90 bits per heavy atom. The molecule has 0 saturated heterocycles. The summed E-state index contributed by atoms with van der Waals surface area (Å²) in [7, 11) is 2.13. The van der Waals surface area contributed by atoms with E-state index in [1.165, 1.54) is 25.1 Å². The molecule has 0 amide bonds. The van der Waals surface area contributed by atoms with E-state index in [1.54, 1.807) is 0 Å². The van der Waals surface area contributed by atoms with Crippen LogP contribution in [0.3, 0.4) is 0 Å². The van der Waals surface area contributed by atoms with Crippen molar-refractivity contribution in [2.45, 2.75) is 26.2 Å². The molecule has 0 aromatic carbocycles. The second-order valence-electron chi connectivity index (χ2n) is 2.82. The lowest BCUT2D eigenvalue weighted by atomic mass is 10.2. The fourth-order valence-electron chi connectivity index (χ4n) is 1.18. The molecule has 0 bridgehead atoms. The van der Waals surface area contributed by atoms with Crippen LogP contribution in [0.25, 0.3) is 0 Å². The van der Waals surface area contributed by atoms with Gasteiger partial charge in [0.25, 0.3) is 0 Å². The van der Waals surface area contributed by atoms with E-state index in [1.807, 2.05) is 0 Å². The third kappa shape index (κ3) is 1.72. The smallest absolute Gasteiger partial charge is 0.0987 e. The van der Waals surface area contributed by atoms with Crippen LogP contribution in [0.1, 0.15) is 26.2 Å². The van der Waals surface area contributed by atoms with E-state index in [0.29, 0.717) is 0 Å². The molecule has 2 nitrogen and oxygen atoms in total. The average molecular weight is 140 g/mol. The maximum atomic E-state index is 4.40. The van der Waals surface area contributed by atoms with Crippen molar-refractivity contribution in [3.63, 3.8) is 0 Å². The van der Waals surface area contributed by atoms with Gasteiger partial charge in [0, 0.05) is 20.0 Å². The maximum absolute atomic E-state index is 4.40. The molecule has 1 aliphatic rings. The third-order valence-corrected chi connectivity index (χ3v) is 1.92. The molecule has 0 aromatic heterocycles. The zero-order chi connectivity index (χ0) is 7.40. The van der Waals surface area contributed by atoms with Gasteiger partial charge in [-0.1, -0.05) is 13.3 Å². The van der Waals surface area contributed by atoms with E-state index in [0.717, 1.165) is 13.1 Å². The lowest BCUT2D eigenvalue weighted by molar-refractivity contribution is 0.541. The highest BCUT2D eigenvalue weighted by Crippen LogP contribution is 2.05. The number of nitrogens with zero attached hydrogens (tertiary/aromatic N) is 2. The molecule has 0 aromatic rings. The minimum atomic E-state index is 1.01. The van der Waals surface area contributed by atoms with Gasteiger partial charge in [0.1, 0.15) is 0 Å². The summed E-state index contributed by atoms with van der Waals surface area (Å²) in [6.07, 6.45) is 3.73. The van der Waals surface area contributed by atoms with Crippen LogP contribution >= 0.6 is 0 Å². The van der Waals surface area contributed by atoms with Crippen LogP contribution in [0.15, 0.2) is 4.99 Å². The summed E-state index contributed by atoms with van der Waals surface area (Å²) < 4.78 is 0. The first kappa shape index (κ1) is 7.58. The molecular weight excluding hydrogens is 124 g/mol. The van der Waals surface area contributed by atoms with Gasteiger partial charge in [0.2, 0.25) is 0 Å². The van der Waals surface area contributed by atoms with Gasteiger partial charge in [-0.2, -0.15) is 0 Å². The lowest BCUT2D eigenvalue weighted by Gasteiger charge is -2.12. The van der Waals surface area contributed by atoms with Crippen LogP contribution in [-0.4, -0.2) is 30.9 Å². The molecule has 0 radical (unpaired) electrons. The van der Waals surface area contributed by atoms with Gasteiger partial charge in [-0.3, -0.25) is 4.99 Å². The molecule has 10 heavy (non-hydrogen) atoms. The molecular formula is C8H16N2. The van der Waals surface area contributed by atoms with Gasteiger partial charge in [-0.05, 0) is 6.42 Å². The summed E-state index contributed by atoms with van der Waals surface area (Å²) in [6, 6.07) is 0. The van der Waals surface area contributed by atoms with Gasteiger partial charge in [-0.25, -0.2) is 0 Å². The zero-order valence-corrected chi connectivity index (χ0v) is 6.93. The number of unbranched alkanes of at least 4 members (excludes halogenated alkanes) is 1. The van der Waals surface area contributed by atoms with E-state index in [2.05, 4.69) is 23.9 Å². The summed E-state index contributed by atoms with van der Waals surface area (Å²) in [5, 5.41) is 0. The molecule has 0 saturated carbocycles. The fraction of sp³-hybridized carbons (Fsp3) is 0.875. The molecule has 2 heteroatoms. The van der Waals surface area contributed by atoms with Crippen LogP contribution in [0.2, 0.25) is 0 Å². The number of rotatable bonds is 3. The number of hydrogen-bond donors (Lipinski definition) is 0. The number of hydrogen-bond acceptors (Lipinski definition) is 2. The molecule has 0 unspecified atom stereocenters. The van der Waals surface area contributed by atoms with Crippen molar-refractivity contribution in [3.8, 4) is 0 Å². The first-order valence-electron chi connectivity index (χ1n) is 4.09. The van der Waals surface area contributed by atoms with Gasteiger partial charge >= 0.3 is 0 Å². The maximum Gasteiger partial charge on any atom is 0.0987 e. The van der Waals surface area contributed by atoms with Gasteiger partial charge in [0.05, 0.1) is 12.4 Å². The monoisotopic (exact) mass is 140 g/mol. The van der Waals surface area contributed by atoms with Gasteiger partial charge in [0.15, 0.2) is 0 Å². The molecule has 0 aliphatic carbocycles. The van der Waals surface area contributed by atoms with Gasteiger partial charge in [-0.15, -0.1) is 0 Å². The Balaban J connectivity index is 2.26. The summed E-state index contributed by atoms with van der Waals surface area (Å²) in [6.45, 7) is 4.35. The normalized spacial score (nSPS) is 17.8. The predicted molar refractivity (Wildman–Crippen MR) is 44.5 cm³/mol. The topological polar surface area (TPSA) is 15.6 Å². The summed E-state index contributed by atoms with van der Waals surface area (Å²) in [5.74, 6) is 1.31. The first-order valence-corrected chi connectivity index (χ1v) is 4.09. The second kappa shape index (κ2) is 3.59. The van der Waals surface area contributed by atoms with Crippen LogP contribution in [-0.2, 0) is 0 Å². The Morgan fingerprint density at radius 2 is 2.40 bits per heavy atom. The number of amidine groups is 1. The summed E-state index contributed by atoms with van der Waals surface area (Å²) in [5.41, 5.74) is 0. The van der Waals surface area contributed by atoms with Gasteiger partial charge < -0.3 is 4.90 Å². The minimum Gasteiger partial charge on any atom is -0.362 e. The Labute approximate surface area is 62.9 Å². The minimum absolute atomic E-state index is 1.01. The van der Waals surface area contributed by atoms with E-state index < -0.39 is 0 Å². The van der Waals surface area contributed by atoms with E-state index >= 15 is 0 Å². The Bertz CT molecular complexity index is 129.